The smallest absolute Gasteiger partial charge is 0.244 e. The van der Waals surface area contributed by atoms with Crippen LogP contribution in [0.4, 0.5) is 0 Å². The van der Waals surface area contributed by atoms with E-state index < -0.39 is 6.04 Å². The summed E-state index contributed by atoms with van der Waals surface area (Å²) < 4.78 is 5.12. The summed E-state index contributed by atoms with van der Waals surface area (Å²) in [5, 5.41) is 4.96. The molecule has 1 unspecified atom stereocenters. The average molecular weight is 264 g/mol. The number of rotatable bonds is 3. The zero-order valence-electron chi connectivity index (χ0n) is 10.7. The van der Waals surface area contributed by atoms with E-state index in [1.54, 1.807) is 0 Å². The van der Waals surface area contributed by atoms with E-state index in [9.17, 15) is 0 Å². The van der Waals surface area contributed by atoms with Gasteiger partial charge in [-0.1, -0.05) is 29.4 Å². The number of nitrogens with two attached hydrogens (primary N) is 1. The summed E-state index contributed by atoms with van der Waals surface area (Å²) in [7, 11) is 0. The minimum absolute atomic E-state index is 0.327. The lowest BCUT2D eigenvalue weighted by Crippen LogP contribution is -2.09. The van der Waals surface area contributed by atoms with Gasteiger partial charge in [-0.25, -0.2) is 4.98 Å². The third-order valence-electron chi connectivity index (χ3n) is 2.92. The second-order valence-electron chi connectivity index (χ2n) is 4.36. The van der Waals surface area contributed by atoms with Gasteiger partial charge in [-0.15, -0.1) is 12.3 Å². The van der Waals surface area contributed by atoms with Gasteiger partial charge in [0.2, 0.25) is 11.7 Å². The van der Waals surface area contributed by atoms with Gasteiger partial charge in [0.05, 0.1) is 11.6 Å². The summed E-state index contributed by atoms with van der Waals surface area (Å²) in [6, 6.07) is 11.2. The second-order valence-corrected chi connectivity index (χ2v) is 4.36. The van der Waals surface area contributed by atoms with Crippen molar-refractivity contribution in [1.82, 2.24) is 15.1 Å². The van der Waals surface area contributed by atoms with Gasteiger partial charge in [-0.2, -0.15) is 4.98 Å². The highest BCUT2D eigenvalue weighted by molar-refractivity contribution is 5.80. The molecular weight excluding hydrogens is 252 g/mol. The Morgan fingerprint density at radius 1 is 1.20 bits per heavy atom. The highest BCUT2D eigenvalue weighted by Crippen LogP contribution is 2.20. The summed E-state index contributed by atoms with van der Waals surface area (Å²) in [4.78, 5) is 8.74. The molecule has 0 fully saturated rings. The van der Waals surface area contributed by atoms with Gasteiger partial charge in [-0.05, 0) is 12.1 Å². The number of nitrogens with zero attached hydrogens (tertiary/aromatic N) is 3. The fourth-order valence-electron chi connectivity index (χ4n) is 1.89. The van der Waals surface area contributed by atoms with Crippen LogP contribution in [-0.2, 0) is 0 Å². The lowest BCUT2D eigenvalue weighted by molar-refractivity contribution is 0.356. The second kappa shape index (κ2) is 5.11. The van der Waals surface area contributed by atoms with Crippen molar-refractivity contribution in [2.45, 2.75) is 12.5 Å². The summed E-state index contributed by atoms with van der Waals surface area (Å²) in [5.74, 6) is 3.21. The molecule has 2 aromatic heterocycles. The maximum absolute atomic E-state index is 5.83. The highest BCUT2D eigenvalue weighted by Gasteiger charge is 2.15. The molecule has 0 aliphatic carbocycles. The van der Waals surface area contributed by atoms with E-state index >= 15 is 0 Å². The first-order chi connectivity index (χ1) is 9.78. The number of hydrogen-bond donors (Lipinski definition) is 1. The molecular formula is C15H12N4O. The molecule has 0 bridgehead atoms. The van der Waals surface area contributed by atoms with Gasteiger partial charge in [0, 0.05) is 11.8 Å². The van der Waals surface area contributed by atoms with E-state index in [0.717, 1.165) is 10.9 Å². The molecule has 3 rings (SSSR count). The molecule has 1 atom stereocenters. The molecule has 5 nitrogen and oxygen atoms in total. The lowest BCUT2D eigenvalue weighted by Gasteiger charge is -1.99. The van der Waals surface area contributed by atoms with E-state index in [0.29, 0.717) is 23.8 Å². The largest absolute Gasteiger partial charge is 0.337 e. The summed E-state index contributed by atoms with van der Waals surface area (Å²) >= 11 is 0. The average Bonchev–Trinajstić information content (AvgIpc) is 2.97. The molecule has 0 aliphatic rings. The molecule has 1 aromatic carbocycles. The van der Waals surface area contributed by atoms with Crippen molar-refractivity contribution in [2.75, 3.05) is 0 Å². The predicted octanol–water partition coefficient (Wildman–Crippen LogP) is 2.31. The number of fused-ring (bicyclic) bond motifs is 1. The zero-order chi connectivity index (χ0) is 13.9. The SMILES string of the molecule is C#CCC(N)c1nc(-c2ccc3ccccc3n2)no1. The Balaban J connectivity index is 1.97. The van der Waals surface area contributed by atoms with E-state index in [1.165, 1.54) is 0 Å². The van der Waals surface area contributed by atoms with Crippen molar-refractivity contribution < 1.29 is 4.52 Å². The van der Waals surface area contributed by atoms with E-state index in [1.807, 2.05) is 36.4 Å². The van der Waals surface area contributed by atoms with Crippen LogP contribution in [0.5, 0.6) is 0 Å². The Kier molecular flexibility index (Phi) is 3.15. The molecule has 0 radical (unpaired) electrons. The van der Waals surface area contributed by atoms with Crippen molar-refractivity contribution in [3.8, 4) is 23.9 Å². The van der Waals surface area contributed by atoms with Crippen LogP contribution in [0, 0.1) is 12.3 Å². The summed E-state index contributed by atoms with van der Waals surface area (Å²) in [5.41, 5.74) is 7.35. The van der Waals surface area contributed by atoms with Crippen molar-refractivity contribution in [3.63, 3.8) is 0 Å². The molecule has 0 saturated heterocycles. The minimum Gasteiger partial charge on any atom is -0.337 e. The first-order valence-electron chi connectivity index (χ1n) is 6.17. The van der Waals surface area contributed by atoms with E-state index in [2.05, 4.69) is 21.0 Å². The third kappa shape index (κ3) is 2.25. The molecule has 0 saturated carbocycles. The third-order valence-corrected chi connectivity index (χ3v) is 2.92. The Labute approximate surface area is 115 Å². The van der Waals surface area contributed by atoms with Crippen LogP contribution in [0.2, 0.25) is 0 Å². The van der Waals surface area contributed by atoms with Crippen LogP contribution in [0.15, 0.2) is 40.9 Å². The maximum Gasteiger partial charge on any atom is 0.244 e. The molecule has 2 N–H and O–H groups in total. The standard InChI is InChI=1S/C15H12N4O/c1-2-5-11(16)15-18-14(19-20-15)13-9-8-10-6-3-4-7-12(10)17-13/h1,3-4,6-9,11H,5,16H2. The van der Waals surface area contributed by atoms with Gasteiger partial charge >= 0.3 is 0 Å². The number of terminal acetylenes is 1. The summed E-state index contributed by atoms with van der Waals surface area (Å²) in [6.45, 7) is 0. The van der Waals surface area contributed by atoms with Crippen LogP contribution in [0.25, 0.3) is 22.4 Å². The number of pyridine rings is 1. The topological polar surface area (TPSA) is 77.8 Å². The Bertz CT molecular complexity index is 788. The molecule has 0 spiro atoms. The van der Waals surface area contributed by atoms with Crippen molar-refractivity contribution in [2.24, 2.45) is 5.73 Å². The number of benzene rings is 1. The van der Waals surface area contributed by atoms with Gasteiger partial charge in [0.15, 0.2) is 0 Å². The molecule has 98 valence electrons. The summed E-state index contributed by atoms with van der Waals surface area (Å²) in [6.07, 6.45) is 5.57. The Morgan fingerprint density at radius 3 is 2.90 bits per heavy atom. The first kappa shape index (κ1) is 12.3. The molecule has 0 amide bonds. The fourth-order valence-corrected chi connectivity index (χ4v) is 1.89. The van der Waals surface area contributed by atoms with Crippen LogP contribution in [-0.4, -0.2) is 15.1 Å². The van der Waals surface area contributed by atoms with Crippen molar-refractivity contribution >= 4 is 10.9 Å². The first-order valence-corrected chi connectivity index (χ1v) is 6.17. The normalized spacial score (nSPS) is 12.2. The highest BCUT2D eigenvalue weighted by atomic mass is 16.5. The van der Waals surface area contributed by atoms with Crippen LogP contribution >= 0.6 is 0 Å². The van der Waals surface area contributed by atoms with Gasteiger partial charge < -0.3 is 10.3 Å². The van der Waals surface area contributed by atoms with E-state index in [4.69, 9.17) is 16.7 Å². The molecule has 0 aliphatic heterocycles. The van der Waals surface area contributed by atoms with Crippen molar-refractivity contribution in [1.29, 1.82) is 0 Å². The van der Waals surface area contributed by atoms with Crippen LogP contribution in [0.3, 0.4) is 0 Å². The number of para-hydroxylation sites is 1. The maximum atomic E-state index is 5.83. The molecule has 5 heteroatoms. The van der Waals surface area contributed by atoms with Gasteiger partial charge in [0.25, 0.3) is 0 Å². The zero-order valence-corrected chi connectivity index (χ0v) is 10.7. The van der Waals surface area contributed by atoms with Gasteiger partial charge in [-0.3, -0.25) is 0 Å². The van der Waals surface area contributed by atoms with E-state index in [-0.39, 0.29) is 0 Å². The quantitative estimate of drug-likeness (QED) is 0.734. The fraction of sp³-hybridized carbons (Fsp3) is 0.133. The van der Waals surface area contributed by atoms with Crippen LogP contribution in [0.1, 0.15) is 18.4 Å². The monoisotopic (exact) mass is 264 g/mol. The molecule has 2 heterocycles. The Hall–Kier alpha value is -2.71. The van der Waals surface area contributed by atoms with Gasteiger partial charge in [0.1, 0.15) is 5.69 Å². The number of hydrogen-bond acceptors (Lipinski definition) is 5. The predicted molar refractivity (Wildman–Crippen MR) is 75.4 cm³/mol. The van der Waals surface area contributed by atoms with Crippen LogP contribution < -0.4 is 5.73 Å². The number of aromatic nitrogens is 3. The minimum atomic E-state index is -0.443. The molecule has 3 aromatic rings. The van der Waals surface area contributed by atoms with Crippen molar-refractivity contribution in [3.05, 3.63) is 42.3 Å². The Morgan fingerprint density at radius 2 is 2.05 bits per heavy atom. The molecule has 20 heavy (non-hydrogen) atoms. The lowest BCUT2D eigenvalue weighted by atomic mass is 10.2.